The predicted molar refractivity (Wildman–Crippen MR) is 52.9 cm³/mol. The fraction of sp³-hybridized carbons (Fsp3) is 0.833. The van der Waals surface area contributed by atoms with E-state index in [1.54, 1.807) is 0 Å². The van der Waals surface area contributed by atoms with Gasteiger partial charge in [0, 0.05) is 0 Å². The van der Waals surface area contributed by atoms with Crippen molar-refractivity contribution in [2.24, 2.45) is 23.2 Å². The summed E-state index contributed by atoms with van der Waals surface area (Å²) in [7, 11) is 0. The molecule has 2 aliphatic rings. The molecule has 0 heterocycles. The lowest BCUT2D eigenvalue weighted by Crippen LogP contribution is -2.23. The van der Waals surface area contributed by atoms with Gasteiger partial charge in [-0.2, -0.15) is 0 Å². The highest BCUT2D eigenvalue weighted by Crippen LogP contribution is 2.50. The van der Waals surface area contributed by atoms with Crippen LogP contribution in [0.25, 0.3) is 0 Å². The maximum atomic E-state index is 2.45. The van der Waals surface area contributed by atoms with Crippen molar-refractivity contribution in [3.63, 3.8) is 0 Å². The third-order valence-corrected chi connectivity index (χ3v) is 3.69. The second-order valence-electron chi connectivity index (χ2n) is 5.63. The average molecular weight is 164 g/mol. The van der Waals surface area contributed by atoms with Gasteiger partial charge in [0.25, 0.3) is 0 Å². The molecule has 0 radical (unpaired) electrons. The molecular formula is C12H20. The second-order valence-corrected chi connectivity index (χ2v) is 5.63. The van der Waals surface area contributed by atoms with Gasteiger partial charge in [0.2, 0.25) is 0 Å². The molecule has 2 bridgehead atoms. The van der Waals surface area contributed by atoms with E-state index >= 15 is 0 Å². The van der Waals surface area contributed by atoms with Crippen LogP contribution in [0.1, 0.15) is 40.0 Å². The Bertz CT molecular complexity index is 195. The molecule has 0 spiro atoms. The molecule has 0 aromatic carbocycles. The Kier molecular flexibility index (Phi) is 1.82. The van der Waals surface area contributed by atoms with E-state index in [1.807, 2.05) is 0 Å². The minimum Gasteiger partial charge on any atom is -0.0880 e. The van der Waals surface area contributed by atoms with Crippen LogP contribution in [0.5, 0.6) is 0 Å². The highest BCUT2D eigenvalue weighted by atomic mass is 14.4. The van der Waals surface area contributed by atoms with Crippen molar-refractivity contribution in [3.05, 3.63) is 12.2 Å². The van der Waals surface area contributed by atoms with Crippen molar-refractivity contribution >= 4 is 0 Å². The largest absolute Gasteiger partial charge is 0.0880 e. The average Bonchev–Trinajstić information content (AvgIpc) is 2.25. The SMILES string of the molecule is CC(C)(C)C1CC2C=CCC1C2. The quantitative estimate of drug-likeness (QED) is 0.479. The molecule has 0 saturated heterocycles. The summed E-state index contributed by atoms with van der Waals surface area (Å²) in [6, 6.07) is 0. The van der Waals surface area contributed by atoms with Gasteiger partial charge < -0.3 is 0 Å². The first-order chi connectivity index (χ1) is 5.57. The van der Waals surface area contributed by atoms with Gasteiger partial charge in [0.15, 0.2) is 0 Å². The summed E-state index contributed by atoms with van der Waals surface area (Å²) in [6.45, 7) is 7.20. The standard InChI is InChI=1S/C12H20/c1-12(2,3)11-8-9-5-4-6-10(11)7-9/h4-5,9-11H,6-8H2,1-3H3. The molecular weight excluding hydrogens is 144 g/mol. The maximum Gasteiger partial charge on any atom is -0.0228 e. The molecule has 3 unspecified atom stereocenters. The first kappa shape index (κ1) is 8.34. The summed E-state index contributed by atoms with van der Waals surface area (Å²) < 4.78 is 0. The van der Waals surface area contributed by atoms with Gasteiger partial charge in [-0.25, -0.2) is 0 Å². The summed E-state index contributed by atoms with van der Waals surface area (Å²) in [5, 5.41) is 0. The molecule has 68 valence electrons. The maximum absolute atomic E-state index is 2.45. The summed E-state index contributed by atoms with van der Waals surface area (Å²) in [4.78, 5) is 0. The van der Waals surface area contributed by atoms with Crippen LogP contribution in [0.4, 0.5) is 0 Å². The Balaban J connectivity index is 2.13. The molecule has 1 fully saturated rings. The van der Waals surface area contributed by atoms with Gasteiger partial charge >= 0.3 is 0 Å². The predicted octanol–water partition coefficient (Wildman–Crippen LogP) is 3.63. The van der Waals surface area contributed by atoms with Crippen molar-refractivity contribution < 1.29 is 0 Å². The van der Waals surface area contributed by atoms with Crippen molar-refractivity contribution in [2.75, 3.05) is 0 Å². The summed E-state index contributed by atoms with van der Waals surface area (Å²) in [5.41, 5.74) is 0.533. The fourth-order valence-electron chi connectivity index (χ4n) is 3.09. The van der Waals surface area contributed by atoms with Crippen molar-refractivity contribution in [2.45, 2.75) is 40.0 Å². The van der Waals surface area contributed by atoms with E-state index in [2.05, 4.69) is 32.9 Å². The molecule has 0 nitrogen and oxygen atoms in total. The highest BCUT2D eigenvalue weighted by Gasteiger charge is 2.40. The molecule has 3 atom stereocenters. The molecule has 0 aromatic heterocycles. The van der Waals surface area contributed by atoms with Gasteiger partial charge in [-0.1, -0.05) is 32.9 Å². The summed E-state index contributed by atoms with van der Waals surface area (Å²) in [5.74, 6) is 2.89. The zero-order valence-electron chi connectivity index (χ0n) is 8.51. The van der Waals surface area contributed by atoms with E-state index in [4.69, 9.17) is 0 Å². The smallest absolute Gasteiger partial charge is 0.0228 e. The zero-order chi connectivity index (χ0) is 8.77. The van der Waals surface area contributed by atoms with E-state index in [1.165, 1.54) is 19.3 Å². The fourth-order valence-corrected chi connectivity index (χ4v) is 3.09. The van der Waals surface area contributed by atoms with E-state index in [9.17, 15) is 0 Å². The Labute approximate surface area is 76.1 Å². The van der Waals surface area contributed by atoms with E-state index < -0.39 is 0 Å². The lowest BCUT2D eigenvalue weighted by molar-refractivity contribution is 0.187. The van der Waals surface area contributed by atoms with Crippen molar-refractivity contribution in [1.82, 2.24) is 0 Å². The minimum absolute atomic E-state index is 0.533. The molecule has 12 heavy (non-hydrogen) atoms. The molecule has 0 N–H and O–H groups in total. The van der Waals surface area contributed by atoms with Crippen LogP contribution in [-0.4, -0.2) is 0 Å². The van der Waals surface area contributed by atoms with Crippen LogP contribution in [0.15, 0.2) is 12.2 Å². The Hall–Kier alpha value is -0.260. The molecule has 2 rings (SSSR count). The van der Waals surface area contributed by atoms with Crippen LogP contribution < -0.4 is 0 Å². The van der Waals surface area contributed by atoms with Crippen LogP contribution in [0.2, 0.25) is 0 Å². The third-order valence-electron chi connectivity index (χ3n) is 3.69. The van der Waals surface area contributed by atoms with Gasteiger partial charge in [0.05, 0.1) is 0 Å². The number of hydrogen-bond donors (Lipinski definition) is 0. The molecule has 1 saturated carbocycles. The third kappa shape index (κ3) is 1.32. The van der Waals surface area contributed by atoms with Gasteiger partial charge in [-0.05, 0) is 42.4 Å². The van der Waals surface area contributed by atoms with Crippen LogP contribution in [0.3, 0.4) is 0 Å². The number of allylic oxidation sites excluding steroid dienone is 2. The molecule has 0 aliphatic heterocycles. The Morgan fingerprint density at radius 3 is 2.50 bits per heavy atom. The number of hydrogen-bond acceptors (Lipinski definition) is 0. The van der Waals surface area contributed by atoms with Crippen LogP contribution >= 0.6 is 0 Å². The number of rotatable bonds is 0. The van der Waals surface area contributed by atoms with Crippen LogP contribution in [0, 0.1) is 23.2 Å². The minimum atomic E-state index is 0.533. The van der Waals surface area contributed by atoms with Gasteiger partial charge in [0.1, 0.15) is 0 Å². The lowest BCUT2D eigenvalue weighted by Gasteiger charge is -2.31. The Morgan fingerprint density at radius 1 is 1.17 bits per heavy atom. The van der Waals surface area contributed by atoms with Crippen LogP contribution in [-0.2, 0) is 0 Å². The first-order valence-corrected chi connectivity index (χ1v) is 5.24. The topological polar surface area (TPSA) is 0 Å². The van der Waals surface area contributed by atoms with E-state index in [0.717, 1.165) is 17.8 Å². The van der Waals surface area contributed by atoms with Crippen molar-refractivity contribution in [1.29, 1.82) is 0 Å². The zero-order valence-corrected chi connectivity index (χ0v) is 8.51. The highest BCUT2D eigenvalue weighted by molar-refractivity contribution is 5.05. The first-order valence-electron chi connectivity index (χ1n) is 5.24. The normalized spacial score (nSPS) is 40.4. The van der Waals surface area contributed by atoms with Gasteiger partial charge in [-0.15, -0.1) is 0 Å². The molecule has 0 aromatic rings. The van der Waals surface area contributed by atoms with E-state index in [-0.39, 0.29) is 0 Å². The molecule has 0 amide bonds. The molecule has 2 aliphatic carbocycles. The Morgan fingerprint density at radius 2 is 1.92 bits per heavy atom. The monoisotopic (exact) mass is 164 g/mol. The second kappa shape index (κ2) is 2.61. The molecule has 0 heteroatoms. The van der Waals surface area contributed by atoms with Crippen molar-refractivity contribution in [3.8, 4) is 0 Å². The van der Waals surface area contributed by atoms with Gasteiger partial charge in [-0.3, -0.25) is 0 Å². The van der Waals surface area contributed by atoms with E-state index in [0.29, 0.717) is 5.41 Å². The lowest BCUT2D eigenvalue weighted by atomic mass is 9.74. The summed E-state index contributed by atoms with van der Waals surface area (Å²) in [6.07, 6.45) is 9.12. The summed E-state index contributed by atoms with van der Waals surface area (Å²) >= 11 is 0. The number of fused-ring (bicyclic) bond motifs is 2.